The molecule has 0 radical (unpaired) electrons. The van der Waals surface area contributed by atoms with Crippen LogP contribution in [0.15, 0.2) is 17.2 Å². The molecule has 1 heterocycles. The van der Waals surface area contributed by atoms with Crippen LogP contribution in [0, 0.1) is 0 Å². The van der Waals surface area contributed by atoms with Crippen LogP contribution in [-0.2, 0) is 16.6 Å². The highest BCUT2D eigenvalue weighted by molar-refractivity contribution is 7.89. The van der Waals surface area contributed by atoms with Gasteiger partial charge in [-0.1, -0.05) is 6.92 Å². The SMILES string of the molecule is CCCN(CC)C(=O)c1cc(S(N)(=O)=O)cn1CC(F)F. The molecule has 6 nitrogen and oxygen atoms in total. The van der Waals surface area contributed by atoms with Gasteiger partial charge in [0.05, 0.1) is 6.54 Å². The second kappa shape index (κ2) is 6.99. The molecule has 0 aliphatic carbocycles. The molecule has 1 aromatic heterocycles. The normalized spacial score (nSPS) is 11.9. The fraction of sp³-hybridized carbons (Fsp3) is 0.583. The molecular weight excluding hydrogens is 304 g/mol. The molecular formula is C12H19F2N3O3S. The number of amides is 1. The molecule has 9 heteroatoms. The van der Waals surface area contributed by atoms with E-state index >= 15 is 0 Å². The Balaban J connectivity index is 3.25. The topological polar surface area (TPSA) is 85.4 Å². The molecule has 0 unspecified atom stereocenters. The van der Waals surface area contributed by atoms with Crippen LogP contribution in [0.1, 0.15) is 30.8 Å². The first-order chi connectivity index (χ1) is 9.70. The average Bonchev–Trinajstić information content (AvgIpc) is 2.78. The van der Waals surface area contributed by atoms with Crippen LogP contribution in [0.4, 0.5) is 8.78 Å². The Morgan fingerprint density at radius 1 is 1.43 bits per heavy atom. The first-order valence-corrected chi connectivity index (χ1v) is 8.05. The predicted octanol–water partition coefficient (Wildman–Crippen LogP) is 1.27. The van der Waals surface area contributed by atoms with E-state index in [0.29, 0.717) is 19.5 Å². The number of hydrogen-bond acceptors (Lipinski definition) is 3. The quantitative estimate of drug-likeness (QED) is 0.820. The highest BCUT2D eigenvalue weighted by atomic mass is 32.2. The minimum atomic E-state index is -4.05. The van der Waals surface area contributed by atoms with Gasteiger partial charge in [0.2, 0.25) is 10.0 Å². The van der Waals surface area contributed by atoms with Gasteiger partial charge in [-0.2, -0.15) is 0 Å². The van der Waals surface area contributed by atoms with Crippen LogP contribution in [0.3, 0.4) is 0 Å². The summed E-state index contributed by atoms with van der Waals surface area (Å²) in [4.78, 5) is 13.4. The van der Waals surface area contributed by atoms with Crippen molar-refractivity contribution in [3.05, 3.63) is 18.0 Å². The Hall–Kier alpha value is -1.48. The number of nitrogens with two attached hydrogens (primary N) is 1. The first-order valence-electron chi connectivity index (χ1n) is 6.51. The maximum atomic E-state index is 12.6. The van der Waals surface area contributed by atoms with Crippen molar-refractivity contribution in [1.82, 2.24) is 9.47 Å². The number of aromatic nitrogens is 1. The van der Waals surface area contributed by atoms with Gasteiger partial charge < -0.3 is 9.47 Å². The van der Waals surface area contributed by atoms with Crippen molar-refractivity contribution in [3.63, 3.8) is 0 Å². The number of carbonyl (C=O) groups is 1. The van der Waals surface area contributed by atoms with Crippen LogP contribution < -0.4 is 5.14 Å². The number of hydrogen-bond donors (Lipinski definition) is 1. The second-order valence-electron chi connectivity index (χ2n) is 4.53. The molecule has 120 valence electrons. The van der Waals surface area contributed by atoms with Gasteiger partial charge in [-0.25, -0.2) is 22.3 Å². The second-order valence-corrected chi connectivity index (χ2v) is 6.10. The van der Waals surface area contributed by atoms with Gasteiger partial charge in [0.25, 0.3) is 12.3 Å². The number of halogens is 2. The van der Waals surface area contributed by atoms with Crippen LogP contribution >= 0.6 is 0 Å². The van der Waals surface area contributed by atoms with Crippen molar-refractivity contribution < 1.29 is 22.0 Å². The van der Waals surface area contributed by atoms with Crippen LogP contribution in [0.2, 0.25) is 0 Å². The fourth-order valence-electron chi connectivity index (χ4n) is 1.95. The zero-order valence-electron chi connectivity index (χ0n) is 11.9. The molecule has 0 aliphatic heterocycles. The molecule has 0 spiro atoms. The molecule has 1 aromatic rings. The van der Waals surface area contributed by atoms with Crippen LogP contribution in [0.5, 0.6) is 0 Å². The standard InChI is InChI=1S/C12H19F2N3O3S/c1-3-5-16(4-2)12(18)10-6-9(21(15,19)20)7-17(10)8-11(13)14/h6-7,11H,3-5,8H2,1-2H3,(H2,15,19,20). The van der Waals surface area contributed by atoms with Gasteiger partial charge in [-0.15, -0.1) is 0 Å². The van der Waals surface area contributed by atoms with Crippen molar-refractivity contribution in [2.24, 2.45) is 5.14 Å². The molecule has 1 rings (SSSR count). The Bertz CT molecular complexity index is 599. The number of alkyl halides is 2. The summed E-state index contributed by atoms with van der Waals surface area (Å²) in [6.45, 7) is 3.73. The Labute approximate surface area is 122 Å². The maximum Gasteiger partial charge on any atom is 0.270 e. The Kier molecular flexibility index (Phi) is 5.85. The number of carbonyl (C=O) groups excluding carboxylic acids is 1. The smallest absolute Gasteiger partial charge is 0.270 e. The monoisotopic (exact) mass is 323 g/mol. The summed E-state index contributed by atoms with van der Waals surface area (Å²) < 4.78 is 48.7. The number of sulfonamides is 1. The minimum Gasteiger partial charge on any atom is -0.338 e. The van der Waals surface area contributed by atoms with E-state index in [1.807, 2.05) is 6.92 Å². The predicted molar refractivity (Wildman–Crippen MR) is 73.7 cm³/mol. The van der Waals surface area contributed by atoms with Gasteiger partial charge in [-0.3, -0.25) is 4.79 Å². The van der Waals surface area contributed by atoms with Crippen molar-refractivity contribution in [2.45, 2.75) is 38.1 Å². The third kappa shape index (κ3) is 4.50. The van der Waals surface area contributed by atoms with E-state index in [1.165, 1.54) is 4.90 Å². The summed E-state index contributed by atoms with van der Waals surface area (Å²) in [5, 5.41) is 4.98. The van der Waals surface area contributed by atoms with Crippen molar-refractivity contribution in [2.75, 3.05) is 13.1 Å². The molecule has 0 aliphatic rings. The zero-order valence-corrected chi connectivity index (χ0v) is 12.7. The van der Waals surface area contributed by atoms with Crippen molar-refractivity contribution in [1.29, 1.82) is 0 Å². The average molecular weight is 323 g/mol. The zero-order chi connectivity index (χ0) is 16.2. The molecule has 0 fully saturated rings. The summed E-state index contributed by atoms with van der Waals surface area (Å²) in [7, 11) is -4.05. The van der Waals surface area contributed by atoms with Crippen molar-refractivity contribution in [3.8, 4) is 0 Å². The summed E-state index contributed by atoms with van der Waals surface area (Å²) >= 11 is 0. The van der Waals surface area contributed by atoms with Gasteiger partial charge in [0.1, 0.15) is 10.6 Å². The van der Waals surface area contributed by atoms with Gasteiger partial charge in [0.15, 0.2) is 0 Å². The highest BCUT2D eigenvalue weighted by Gasteiger charge is 2.23. The highest BCUT2D eigenvalue weighted by Crippen LogP contribution is 2.17. The molecule has 0 aromatic carbocycles. The number of primary sulfonamides is 1. The summed E-state index contributed by atoms with van der Waals surface area (Å²) in [5.41, 5.74) is -0.102. The van der Waals surface area contributed by atoms with E-state index in [1.54, 1.807) is 6.92 Å². The Morgan fingerprint density at radius 3 is 2.48 bits per heavy atom. The summed E-state index contributed by atoms with van der Waals surface area (Å²) in [6, 6.07) is 1.04. The molecule has 0 saturated heterocycles. The lowest BCUT2D eigenvalue weighted by Gasteiger charge is -2.20. The van der Waals surface area contributed by atoms with Crippen molar-refractivity contribution >= 4 is 15.9 Å². The molecule has 2 N–H and O–H groups in total. The molecule has 0 bridgehead atoms. The minimum absolute atomic E-state index is 0.102. The van der Waals surface area contributed by atoms with Crippen LogP contribution in [0.25, 0.3) is 0 Å². The third-order valence-electron chi connectivity index (χ3n) is 2.92. The molecule has 0 saturated carbocycles. The van der Waals surface area contributed by atoms with Gasteiger partial charge >= 0.3 is 0 Å². The van der Waals surface area contributed by atoms with Gasteiger partial charge in [-0.05, 0) is 19.4 Å². The lowest BCUT2D eigenvalue weighted by molar-refractivity contribution is 0.0743. The largest absolute Gasteiger partial charge is 0.338 e. The van der Waals surface area contributed by atoms with Crippen LogP contribution in [-0.4, -0.2) is 43.3 Å². The Morgan fingerprint density at radius 2 is 2.05 bits per heavy atom. The van der Waals surface area contributed by atoms with E-state index in [0.717, 1.165) is 16.8 Å². The summed E-state index contributed by atoms with van der Waals surface area (Å²) in [6.07, 6.45) is -1.04. The van der Waals surface area contributed by atoms with E-state index < -0.39 is 28.9 Å². The third-order valence-corrected chi connectivity index (χ3v) is 3.80. The lowest BCUT2D eigenvalue weighted by atomic mass is 10.3. The van der Waals surface area contributed by atoms with E-state index in [2.05, 4.69) is 0 Å². The van der Waals surface area contributed by atoms with Gasteiger partial charge in [0, 0.05) is 19.3 Å². The molecule has 0 atom stereocenters. The van der Waals surface area contributed by atoms with E-state index in [-0.39, 0.29) is 10.6 Å². The van der Waals surface area contributed by atoms with E-state index in [4.69, 9.17) is 5.14 Å². The lowest BCUT2D eigenvalue weighted by Crippen LogP contribution is -2.33. The molecule has 1 amide bonds. The fourth-order valence-corrected chi connectivity index (χ4v) is 2.50. The first kappa shape index (κ1) is 17.6. The summed E-state index contributed by atoms with van der Waals surface area (Å²) in [5.74, 6) is -0.491. The molecule has 21 heavy (non-hydrogen) atoms. The maximum absolute atomic E-state index is 12.6. The van der Waals surface area contributed by atoms with E-state index in [9.17, 15) is 22.0 Å². The number of nitrogens with zero attached hydrogens (tertiary/aromatic N) is 2. The number of rotatable bonds is 7.